The first-order valence-corrected chi connectivity index (χ1v) is 8.31. The van der Waals surface area contributed by atoms with Crippen LogP contribution >= 0.6 is 0 Å². The Balaban J connectivity index is 1.74. The fourth-order valence-electron chi connectivity index (χ4n) is 3.20. The lowest BCUT2D eigenvalue weighted by Crippen LogP contribution is -2.41. The molecular weight excluding hydrogens is 316 g/mol. The lowest BCUT2D eigenvalue weighted by molar-refractivity contribution is 0.0914. The molecule has 0 aromatic carbocycles. The Morgan fingerprint density at radius 2 is 1.96 bits per heavy atom. The van der Waals surface area contributed by atoms with Crippen LogP contribution in [0.4, 0.5) is 5.82 Å². The molecule has 1 aliphatic heterocycles. The van der Waals surface area contributed by atoms with Crippen molar-refractivity contribution in [2.75, 3.05) is 24.7 Å². The third-order valence-corrected chi connectivity index (χ3v) is 4.42. The normalized spacial score (nSPS) is 17.7. The van der Waals surface area contributed by atoms with E-state index in [2.05, 4.69) is 25.0 Å². The first-order chi connectivity index (χ1) is 12.2. The average Bonchev–Trinajstić information content (AvgIpc) is 3.08. The van der Waals surface area contributed by atoms with Gasteiger partial charge in [-0.15, -0.1) is 0 Å². The summed E-state index contributed by atoms with van der Waals surface area (Å²) in [5.41, 5.74) is 3.05. The Hall–Kier alpha value is -2.80. The van der Waals surface area contributed by atoms with Gasteiger partial charge in [0.15, 0.2) is 0 Å². The van der Waals surface area contributed by atoms with Crippen LogP contribution in [0.1, 0.15) is 17.6 Å². The van der Waals surface area contributed by atoms with Gasteiger partial charge in [-0.1, -0.05) is 0 Å². The molecule has 7 heteroatoms. The molecule has 0 radical (unpaired) electrons. The van der Waals surface area contributed by atoms with E-state index in [1.165, 1.54) is 0 Å². The minimum Gasteiger partial charge on any atom is -0.377 e. The lowest BCUT2D eigenvalue weighted by atomic mass is 10.1. The van der Waals surface area contributed by atoms with E-state index >= 15 is 0 Å². The molecule has 4 heterocycles. The molecule has 0 bridgehead atoms. The highest BCUT2D eigenvalue weighted by molar-refractivity contribution is 5.62. The van der Waals surface area contributed by atoms with Crippen LogP contribution in [0.15, 0.2) is 42.9 Å². The molecule has 0 amide bonds. The molecule has 3 aromatic heterocycles. The highest BCUT2D eigenvalue weighted by atomic mass is 16.5. The smallest absolute Gasteiger partial charge is 0.133 e. The van der Waals surface area contributed by atoms with E-state index < -0.39 is 0 Å². The molecule has 7 nitrogen and oxygen atoms in total. The van der Waals surface area contributed by atoms with Crippen LogP contribution in [-0.4, -0.2) is 44.5 Å². The molecule has 0 aliphatic carbocycles. The fraction of sp³-hybridized carbons (Fsp3) is 0.333. The van der Waals surface area contributed by atoms with Gasteiger partial charge in [0.1, 0.15) is 11.6 Å². The summed E-state index contributed by atoms with van der Waals surface area (Å²) >= 11 is 0. The first kappa shape index (κ1) is 15.7. The molecule has 0 saturated carbocycles. The number of rotatable bonds is 3. The second-order valence-corrected chi connectivity index (χ2v) is 6.06. The molecule has 0 N–H and O–H groups in total. The number of morpholine rings is 1. The number of nitrogens with zero attached hydrogens (tertiary/aromatic N) is 6. The minimum atomic E-state index is 0.0841. The summed E-state index contributed by atoms with van der Waals surface area (Å²) in [6.45, 7) is 4.00. The largest absolute Gasteiger partial charge is 0.377 e. The van der Waals surface area contributed by atoms with Crippen molar-refractivity contribution in [1.29, 1.82) is 0 Å². The summed E-state index contributed by atoms with van der Waals surface area (Å²) in [7, 11) is 1.95. The molecule has 1 unspecified atom stereocenters. The van der Waals surface area contributed by atoms with E-state index in [-0.39, 0.29) is 6.04 Å². The summed E-state index contributed by atoms with van der Waals surface area (Å²) in [5, 5.41) is 4.30. The van der Waals surface area contributed by atoms with E-state index in [9.17, 15) is 0 Å². The van der Waals surface area contributed by atoms with Gasteiger partial charge >= 0.3 is 0 Å². The first-order valence-electron chi connectivity index (χ1n) is 8.31. The van der Waals surface area contributed by atoms with Gasteiger partial charge in [0.25, 0.3) is 0 Å². The van der Waals surface area contributed by atoms with Crippen molar-refractivity contribution in [2.45, 2.75) is 13.0 Å². The topological polar surface area (TPSA) is 69.0 Å². The number of aryl methyl sites for hydroxylation is 2. The number of pyridine rings is 1. The van der Waals surface area contributed by atoms with Crippen LogP contribution < -0.4 is 4.90 Å². The zero-order valence-electron chi connectivity index (χ0n) is 14.3. The predicted molar refractivity (Wildman–Crippen MR) is 94.1 cm³/mol. The molecule has 3 aromatic rings. The van der Waals surface area contributed by atoms with Crippen LogP contribution in [0.25, 0.3) is 11.3 Å². The summed E-state index contributed by atoms with van der Waals surface area (Å²) in [6.07, 6.45) is 5.37. The molecule has 1 fully saturated rings. The van der Waals surface area contributed by atoms with Gasteiger partial charge in [0.2, 0.25) is 0 Å². The maximum atomic E-state index is 5.72. The predicted octanol–water partition coefficient (Wildman–Crippen LogP) is 2.16. The maximum Gasteiger partial charge on any atom is 0.133 e. The average molecular weight is 336 g/mol. The number of aromatic nitrogens is 5. The Bertz CT molecular complexity index is 863. The molecule has 1 saturated heterocycles. The van der Waals surface area contributed by atoms with E-state index in [1.54, 1.807) is 12.4 Å². The van der Waals surface area contributed by atoms with Crippen LogP contribution in [0.5, 0.6) is 0 Å². The Morgan fingerprint density at radius 3 is 2.72 bits per heavy atom. The van der Waals surface area contributed by atoms with E-state index in [0.29, 0.717) is 13.2 Å². The number of anilines is 1. The maximum absolute atomic E-state index is 5.72. The molecule has 4 rings (SSSR count). The standard InChI is InChI=1S/C18H20N6O/c1-13-21-15(14-3-6-19-7-4-14)11-18(22-13)24-9-10-25-12-17(24)16-5-8-20-23(16)2/h3-8,11,17H,9-10,12H2,1-2H3. The number of hydrogen-bond donors (Lipinski definition) is 0. The van der Waals surface area contributed by atoms with Crippen LogP contribution in [0.3, 0.4) is 0 Å². The van der Waals surface area contributed by atoms with Gasteiger partial charge in [-0.3, -0.25) is 9.67 Å². The minimum absolute atomic E-state index is 0.0841. The zero-order chi connectivity index (χ0) is 17.2. The van der Waals surface area contributed by atoms with Crippen LogP contribution in [0, 0.1) is 6.92 Å². The van der Waals surface area contributed by atoms with Gasteiger partial charge in [-0.05, 0) is 25.1 Å². The second kappa shape index (κ2) is 6.60. The Morgan fingerprint density at radius 1 is 1.12 bits per heavy atom. The van der Waals surface area contributed by atoms with Crippen molar-refractivity contribution >= 4 is 5.82 Å². The fourth-order valence-corrected chi connectivity index (χ4v) is 3.20. The molecular formula is C18H20N6O. The monoisotopic (exact) mass is 336 g/mol. The number of hydrogen-bond acceptors (Lipinski definition) is 6. The molecule has 1 aliphatic rings. The zero-order valence-corrected chi connectivity index (χ0v) is 14.3. The molecule has 1 atom stereocenters. The summed E-state index contributed by atoms with van der Waals surface area (Å²) in [6, 6.07) is 8.08. The third kappa shape index (κ3) is 3.10. The highest BCUT2D eigenvalue weighted by Gasteiger charge is 2.28. The van der Waals surface area contributed by atoms with Gasteiger partial charge < -0.3 is 9.64 Å². The van der Waals surface area contributed by atoms with Crippen LogP contribution in [0.2, 0.25) is 0 Å². The Labute approximate surface area is 146 Å². The van der Waals surface area contributed by atoms with Crippen molar-refractivity contribution in [3.05, 3.63) is 54.4 Å². The van der Waals surface area contributed by atoms with Crippen molar-refractivity contribution in [3.63, 3.8) is 0 Å². The summed E-state index contributed by atoms with van der Waals surface area (Å²) in [4.78, 5) is 15.6. The van der Waals surface area contributed by atoms with Crippen LogP contribution in [-0.2, 0) is 11.8 Å². The second-order valence-electron chi connectivity index (χ2n) is 6.06. The summed E-state index contributed by atoms with van der Waals surface area (Å²) < 4.78 is 7.62. The van der Waals surface area contributed by atoms with Crippen molar-refractivity contribution in [2.24, 2.45) is 7.05 Å². The highest BCUT2D eigenvalue weighted by Crippen LogP contribution is 2.30. The van der Waals surface area contributed by atoms with Crippen molar-refractivity contribution in [3.8, 4) is 11.3 Å². The van der Waals surface area contributed by atoms with E-state index in [1.807, 2.05) is 49.1 Å². The van der Waals surface area contributed by atoms with E-state index in [4.69, 9.17) is 4.74 Å². The quantitative estimate of drug-likeness (QED) is 0.730. The molecule has 25 heavy (non-hydrogen) atoms. The number of ether oxygens (including phenoxy) is 1. The summed E-state index contributed by atoms with van der Waals surface area (Å²) in [5.74, 6) is 1.66. The van der Waals surface area contributed by atoms with E-state index in [0.717, 1.165) is 35.1 Å². The lowest BCUT2D eigenvalue weighted by Gasteiger charge is -2.36. The third-order valence-electron chi connectivity index (χ3n) is 4.42. The Kier molecular flexibility index (Phi) is 4.15. The van der Waals surface area contributed by atoms with Crippen molar-refractivity contribution in [1.82, 2.24) is 24.7 Å². The SMILES string of the molecule is Cc1nc(-c2ccncc2)cc(N2CCOCC2c2ccnn2C)n1. The molecule has 128 valence electrons. The van der Waals surface area contributed by atoms with Gasteiger partial charge in [0, 0.05) is 43.8 Å². The van der Waals surface area contributed by atoms with Crippen molar-refractivity contribution < 1.29 is 4.74 Å². The molecule has 0 spiro atoms. The van der Waals surface area contributed by atoms with Gasteiger partial charge in [-0.25, -0.2) is 9.97 Å². The van der Waals surface area contributed by atoms with Gasteiger partial charge in [0.05, 0.1) is 30.6 Å². The van der Waals surface area contributed by atoms with Gasteiger partial charge in [-0.2, -0.15) is 5.10 Å².